The van der Waals surface area contributed by atoms with E-state index in [0.717, 1.165) is 5.56 Å². The van der Waals surface area contributed by atoms with Gasteiger partial charge in [-0.15, -0.1) is 0 Å². The number of benzene rings is 1. The number of fused-ring (bicyclic) bond motifs is 2. The fourth-order valence-electron chi connectivity index (χ4n) is 3.69. The van der Waals surface area contributed by atoms with E-state index in [4.69, 9.17) is 4.74 Å². The smallest absolute Gasteiger partial charge is 0.410 e. The van der Waals surface area contributed by atoms with Crippen molar-refractivity contribution < 1.29 is 19.4 Å². The SMILES string of the molecule is CC(C)(C)OC(=O)N1C[C@@H]2C[C@H]1[C@H](C(=O)O)N2Cc1ccccc1. The quantitative estimate of drug-likeness (QED) is 0.920. The third-order valence-corrected chi connectivity index (χ3v) is 4.60. The van der Waals surface area contributed by atoms with Crippen molar-refractivity contribution in [3.05, 3.63) is 35.9 Å². The maximum Gasteiger partial charge on any atom is 0.410 e. The third-order valence-electron chi connectivity index (χ3n) is 4.60. The van der Waals surface area contributed by atoms with Gasteiger partial charge in [0.2, 0.25) is 0 Å². The van der Waals surface area contributed by atoms with Gasteiger partial charge in [-0.2, -0.15) is 0 Å². The number of aliphatic carboxylic acids is 1. The molecule has 0 saturated carbocycles. The van der Waals surface area contributed by atoms with Gasteiger partial charge in [0.1, 0.15) is 11.6 Å². The van der Waals surface area contributed by atoms with E-state index in [2.05, 4.69) is 0 Å². The summed E-state index contributed by atoms with van der Waals surface area (Å²) in [6, 6.07) is 8.89. The maximum atomic E-state index is 12.4. The number of carbonyl (C=O) groups is 2. The summed E-state index contributed by atoms with van der Waals surface area (Å²) in [7, 11) is 0. The molecular weight excluding hydrogens is 308 g/mol. The van der Waals surface area contributed by atoms with E-state index in [1.807, 2.05) is 56.0 Å². The second-order valence-electron chi connectivity index (χ2n) is 7.53. The van der Waals surface area contributed by atoms with E-state index in [-0.39, 0.29) is 12.1 Å². The van der Waals surface area contributed by atoms with Gasteiger partial charge in [0, 0.05) is 19.1 Å². The highest BCUT2D eigenvalue weighted by atomic mass is 16.6. The molecule has 2 heterocycles. The number of carbonyl (C=O) groups excluding carboxylic acids is 1. The highest BCUT2D eigenvalue weighted by molar-refractivity contribution is 5.78. The van der Waals surface area contributed by atoms with Crippen molar-refractivity contribution in [2.75, 3.05) is 6.54 Å². The monoisotopic (exact) mass is 332 g/mol. The maximum absolute atomic E-state index is 12.4. The minimum Gasteiger partial charge on any atom is -0.480 e. The van der Waals surface area contributed by atoms with Crippen molar-refractivity contribution in [2.45, 2.75) is 57.5 Å². The lowest BCUT2D eigenvalue weighted by molar-refractivity contribution is -0.146. The van der Waals surface area contributed by atoms with Crippen molar-refractivity contribution in [1.29, 1.82) is 0 Å². The average Bonchev–Trinajstić information content (AvgIpc) is 3.04. The lowest BCUT2D eigenvalue weighted by atomic mass is 10.1. The molecule has 1 amide bonds. The van der Waals surface area contributed by atoms with Gasteiger partial charge in [0.05, 0.1) is 6.04 Å². The molecule has 3 rings (SSSR count). The van der Waals surface area contributed by atoms with Crippen LogP contribution in [0.5, 0.6) is 0 Å². The second-order valence-corrected chi connectivity index (χ2v) is 7.53. The molecule has 0 radical (unpaired) electrons. The van der Waals surface area contributed by atoms with E-state index in [0.29, 0.717) is 19.5 Å². The molecule has 2 saturated heterocycles. The largest absolute Gasteiger partial charge is 0.480 e. The van der Waals surface area contributed by atoms with Crippen LogP contribution in [0.15, 0.2) is 30.3 Å². The lowest BCUT2D eigenvalue weighted by Crippen LogP contribution is -2.58. The van der Waals surface area contributed by atoms with E-state index < -0.39 is 23.7 Å². The number of hydrogen-bond acceptors (Lipinski definition) is 4. The molecule has 0 aromatic heterocycles. The molecule has 0 aliphatic carbocycles. The highest BCUT2D eigenvalue weighted by Gasteiger charge is 2.55. The molecule has 1 N–H and O–H groups in total. The molecule has 1 aromatic carbocycles. The Morgan fingerprint density at radius 1 is 1.25 bits per heavy atom. The summed E-state index contributed by atoms with van der Waals surface area (Å²) < 4.78 is 5.43. The molecule has 2 bridgehead atoms. The molecule has 24 heavy (non-hydrogen) atoms. The first-order valence-corrected chi connectivity index (χ1v) is 8.28. The van der Waals surface area contributed by atoms with Gasteiger partial charge in [-0.1, -0.05) is 30.3 Å². The predicted molar refractivity (Wildman–Crippen MR) is 88.5 cm³/mol. The Labute approximate surface area is 142 Å². The van der Waals surface area contributed by atoms with E-state index >= 15 is 0 Å². The number of amides is 1. The van der Waals surface area contributed by atoms with Gasteiger partial charge >= 0.3 is 12.1 Å². The Balaban J connectivity index is 1.76. The molecule has 6 heteroatoms. The highest BCUT2D eigenvalue weighted by Crippen LogP contribution is 2.38. The molecule has 0 unspecified atom stereocenters. The molecule has 0 spiro atoms. The Hall–Kier alpha value is -2.08. The fourth-order valence-corrected chi connectivity index (χ4v) is 3.69. The van der Waals surface area contributed by atoms with E-state index in [1.165, 1.54) is 0 Å². The van der Waals surface area contributed by atoms with E-state index in [1.54, 1.807) is 4.90 Å². The number of rotatable bonds is 3. The summed E-state index contributed by atoms with van der Waals surface area (Å²) in [5, 5.41) is 9.70. The van der Waals surface area contributed by atoms with Crippen molar-refractivity contribution in [3.63, 3.8) is 0 Å². The van der Waals surface area contributed by atoms with Crippen LogP contribution in [0.3, 0.4) is 0 Å². The van der Waals surface area contributed by atoms with Gasteiger partial charge in [-0.3, -0.25) is 9.69 Å². The third kappa shape index (κ3) is 3.24. The standard InChI is InChI=1S/C18H24N2O4/c1-18(2,3)24-17(23)20-11-13-9-14(20)15(16(21)22)19(13)10-12-7-5-4-6-8-12/h4-8,13-15H,9-11H2,1-3H3,(H,21,22)/t13-,14-,15+/m0/s1. The fraction of sp³-hybridized carbons (Fsp3) is 0.556. The molecule has 130 valence electrons. The van der Waals surface area contributed by atoms with Gasteiger partial charge in [-0.25, -0.2) is 4.79 Å². The van der Waals surface area contributed by atoms with Gasteiger partial charge in [0.25, 0.3) is 0 Å². The van der Waals surface area contributed by atoms with Crippen LogP contribution in [0, 0.1) is 0 Å². The Morgan fingerprint density at radius 3 is 2.50 bits per heavy atom. The van der Waals surface area contributed by atoms with Crippen molar-refractivity contribution in [2.24, 2.45) is 0 Å². The number of nitrogens with zero attached hydrogens (tertiary/aromatic N) is 2. The van der Waals surface area contributed by atoms with Gasteiger partial charge < -0.3 is 14.7 Å². The molecule has 2 aliphatic rings. The molecule has 6 nitrogen and oxygen atoms in total. The number of piperazine rings is 1. The Morgan fingerprint density at radius 2 is 1.92 bits per heavy atom. The molecule has 3 atom stereocenters. The van der Waals surface area contributed by atoms with Crippen LogP contribution in [-0.4, -0.2) is 57.2 Å². The number of ether oxygens (including phenoxy) is 1. The normalized spacial score (nSPS) is 26.6. The predicted octanol–water partition coefficient (Wildman–Crippen LogP) is 2.33. The van der Waals surface area contributed by atoms with Crippen LogP contribution in [0.4, 0.5) is 4.79 Å². The Bertz CT molecular complexity index is 626. The molecule has 2 fully saturated rings. The topological polar surface area (TPSA) is 70.1 Å². The first kappa shape index (κ1) is 16.8. The van der Waals surface area contributed by atoms with Crippen LogP contribution >= 0.6 is 0 Å². The summed E-state index contributed by atoms with van der Waals surface area (Å²) in [6.07, 6.45) is 0.267. The zero-order chi connectivity index (χ0) is 17.5. The van der Waals surface area contributed by atoms with Crippen molar-refractivity contribution in [1.82, 2.24) is 9.80 Å². The number of carboxylic acid groups (broad SMARTS) is 1. The zero-order valence-corrected chi connectivity index (χ0v) is 14.3. The minimum atomic E-state index is -0.883. The summed E-state index contributed by atoms with van der Waals surface area (Å²) in [6.45, 7) is 6.55. The summed E-state index contributed by atoms with van der Waals surface area (Å²) in [5.74, 6) is -0.883. The first-order valence-electron chi connectivity index (χ1n) is 8.28. The van der Waals surface area contributed by atoms with Crippen LogP contribution in [0.2, 0.25) is 0 Å². The van der Waals surface area contributed by atoms with Crippen molar-refractivity contribution in [3.8, 4) is 0 Å². The summed E-state index contributed by atoms with van der Waals surface area (Å²) in [4.78, 5) is 27.8. The van der Waals surface area contributed by atoms with Crippen LogP contribution in [0.25, 0.3) is 0 Å². The van der Waals surface area contributed by atoms with Gasteiger partial charge in [0.15, 0.2) is 0 Å². The number of hydrogen-bond donors (Lipinski definition) is 1. The number of carboxylic acids is 1. The van der Waals surface area contributed by atoms with Gasteiger partial charge in [-0.05, 0) is 32.8 Å². The second kappa shape index (κ2) is 6.09. The van der Waals surface area contributed by atoms with Crippen molar-refractivity contribution >= 4 is 12.1 Å². The lowest BCUT2D eigenvalue weighted by Gasteiger charge is -2.39. The minimum absolute atomic E-state index is 0.0591. The zero-order valence-electron chi connectivity index (χ0n) is 14.3. The number of likely N-dealkylation sites (tertiary alicyclic amines) is 2. The average molecular weight is 332 g/mol. The van der Waals surface area contributed by atoms with E-state index in [9.17, 15) is 14.7 Å². The summed E-state index contributed by atoms with van der Waals surface area (Å²) >= 11 is 0. The van der Waals surface area contributed by atoms with Crippen LogP contribution in [0.1, 0.15) is 32.8 Å². The van der Waals surface area contributed by atoms with Crippen LogP contribution in [-0.2, 0) is 16.1 Å². The van der Waals surface area contributed by atoms with Crippen LogP contribution < -0.4 is 0 Å². The first-order chi connectivity index (χ1) is 11.3. The molecule has 2 aliphatic heterocycles. The Kier molecular flexibility index (Phi) is 4.25. The molecular formula is C18H24N2O4. The molecule has 1 aromatic rings. The summed E-state index contributed by atoms with van der Waals surface area (Å²) in [5.41, 5.74) is 0.501.